The standard InChI is InChI=1S/C31H44O3/c1-21(10-11-22-7-5-9-25(17-22)30(2,3)34)28-14-15-29-24(8-6-16-31(28,29)4)13-12-23-18-26(32)20-27(33)19-23/h5,7,9-13,17,21,26-29,32-34H,6,8,14-16,18-20H2,1-4H3/b11-10+,24-13+/t21-,26-,27-,28-,29+,31-/m1/s1. The van der Waals surface area contributed by atoms with E-state index in [0.29, 0.717) is 42.4 Å². The van der Waals surface area contributed by atoms with Gasteiger partial charge < -0.3 is 15.3 Å². The third kappa shape index (κ3) is 5.58. The second-order valence-corrected chi connectivity index (χ2v) is 12.0. The van der Waals surface area contributed by atoms with E-state index in [1.807, 2.05) is 26.0 Å². The summed E-state index contributed by atoms with van der Waals surface area (Å²) >= 11 is 0. The highest BCUT2D eigenvalue weighted by Crippen LogP contribution is 2.59. The van der Waals surface area contributed by atoms with Crippen molar-refractivity contribution < 1.29 is 15.3 Å². The molecule has 0 unspecified atom stereocenters. The van der Waals surface area contributed by atoms with Gasteiger partial charge in [-0.2, -0.15) is 0 Å². The molecule has 0 spiro atoms. The quantitative estimate of drug-likeness (QED) is 0.464. The summed E-state index contributed by atoms with van der Waals surface area (Å²) in [5.41, 5.74) is 4.36. The summed E-state index contributed by atoms with van der Waals surface area (Å²) in [6.45, 7) is 8.56. The van der Waals surface area contributed by atoms with Crippen LogP contribution >= 0.6 is 0 Å². The van der Waals surface area contributed by atoms with Gasteiger partial charge in [0, 0.05) is 0 Å². The summed E-state index contributed by atoms with van der Waals surface area (Å²) in [7, 11) is 0. The fourth-order valence-electron chi connectivity index (χ4n) is 7.09. The Labute approximate surface area is 206 Å². The molecule has 3 fully saturated rings. The zero-order valence-corrected chi connectivity index (χ0v) is 21.5. The molecule has 1 aromatic rings. The van der Waals surface area contributed by atoms with Crippen molar-refractivity contribution in [3.63, 3.8) is 0 Å². The lowest BCUT2D eigenvalue weighted by atomic mass is 9.61. The van der Waals surface area contributed by atoms with Crippen LogP contribution in [0.4, 0.5) is 0 Å². The highest BCUT2D eigenvalue weighted by Gasteiger charge is 2.50. The lowest BCUT2D eigenvalue weighted by molar-refractivity contribution is 0.0609. The van der Waals surface area contributed by atoms with E-state index in [1.165, 1.54) is 37.7 Å². The second-order valence-electron chi connectivity index (χ2n) is 12.0. The number of aliphatic hydroxyl groups excluding tert-OH is 2. The molecule has 34 heavy (non-hydrogen) atoms. The van der Waals surface area contributed by atoms with Crippen molar-refractivity contribution in [3.8, 4) is 0 Å². The monoisotopic (exact) mass is 464 g/mol. The second kappa shape index (κ2) is 10.1. The van der Waals surface area contributed by atoms with Gasteiger partial charge >= 0.3 is 0 Å². The molecule has 0 radical (unpaired) electrons. The predicted molar refractivity (Wildman–Crippen MR) is 140 cm³/mol. The van der Waals surface area contributed by atoms with Crippen LogP contribution in [0.2, 0.25) is 0 Å². The first-order valence-electron chi connectivity index (χ1n) is 13.3. The first-order valence-corrected chi connectivity index (χ1v) is 13.3. The molecule has 4 rings (SSSR count). The minimum atomic E-state index is -0.824. The number of hydrogen-bond acceptors (Lipinski definition) is 3. The van der Waals surface area contributed by atoms with Crippen LogP contribution in [0.25, 0.3) is 6.08 Å². The number of aliphatic hydroxyl groups is 3. The van der Waals surface area contributed by atoms with Gasteiger partial charge in [0.25, 0.3) is 0 Å². The minimum absolute atomic E-state index is 0.326. The molecule has 3 saturated carbocycles. The Bertz CT molecular complexity index is 938. The maximum Gasteiger partial charge on any atom is 0.0840 e. The Morgan fingerprint density at radius 2 is 1.82 bits per heavy atom. The molecule has 3 nitrogen and oxygen atoms in total. The summed E-state index contributed by atoms with van der Waals surface area (Å²) in [4.78, 5) is 0. The molecule has 3 heteroatoms. The average Bonchev–Trinajstić information content (AvgIpc) is 3.12. The van der Waals surface area contributed by atoms with Gasteiger partial charge in [-0.3, -0.25) is 0 Å². The molecule has 3 aliphatic carbocycles. The Balaban J connectivity index is 1.48. The van der Waals surface area contributed by atoms with Gasteiger partial charge in [-0.15, -0.1) is 0 Å². The molecule has 1 aromatic carbocycles. The number of rotatable bonds is 5. The first kappa shape index (κ1) is 25.4. The fourth-order valence-corrected chi connectivity index (χ4v) is 7.09. The molecule has 0 aromatic heterocycles. The van der Waals surface area contributed by atoms with Crippen LogP contribution in [0.3, 0.4) is 0 Å². The van der Waals surface area contributed by atoms with E-state index >= 15 is 0 Å². The molecule has 3 aliphatic rings. The van der Waals surface area contributed by atoms with Crippen LogP contribution < -0.4 is 0 Å². The minimum Gasteiger partial charge on any atom is -0.393 e. The summed E-state index contributed by atoms with van der Waals surface area (Å²) in [5.74, 6) is 1.80. The Morgan fingerprint density at radius 1 is 1.09 bits per heavy atom. The SMILES string of the molecule is C[C@H](/C=C/c1cccc(C(C)(C)O)c1)[C@H]1CC[C@H]2/C(=C/C=C3C[C@@H](O)C[C@H](O)C3)CCC[C@]12C. The lowest BCUT2D eigenvalue weighted by Gasteiger charge is -2.44. The summed E-state index contributed by atoms with van der Waals surface area (Å²) < 4.78 is 0. The van der Waals surface area contributed by atoms with Crippen molar-refractivity contribution >= 4 is 6.08 Å². The highest BCUT2D eigenvalue weighted by molar-refractivity contribution is 5.51. The van der Waals surface area contributed by atoms with E-state index in [2.05, 4.69) is 50.3 Å². The van der Waals surface area contributed by atoms with Gasteiger partial charge in [0.1, 0.15) is 0 Å². The molecule has 0 aliphatic heterocycles. The summed E-state index contributed by atoms with van der Waals surface area (Å²) in [6, 6.07) is 8.23. The van der Waals surface area contributed by atoms with Crippen molar-refractivity contribution in [1.29, 1.82) is 0 Å². The molecule has 0 amide bonds. The average molecular weight is 465 g/mol. The number of hydrogen-bond donors (Lipinski definition) is 3. The van der Waals surface area contributed by atoms with Crippen molar-refractivity contribution in [3.05, 3.63) is 64.8 Å². The molecule has 3 N–H and O–H groups in total. The third-order valence-corrected chi connectivity index (χ3v) is 8.93. The Morgan fingerprint density at radius 3 is 2.53 bits per heavy atom. The van der Waals surface area contributed by atoms with E-state index in [1.54, 1.807) is 5.57 Å². The van der Waals surface area contributed by atoms with E-state index < -0.39 is 17.8 Å². The normalized spacial score (nSPS) is 34.4. The van der Waals surface area contributed by atoms with Crippen LogP contribution in [0.15, 0.2) is 53.6 Å². The van der Waals surface area contributed by atoms with Gasteiger partial charge in [0.05, 0.1) is 17.8 Å². The molecule has 0 heterocycles. The Kier molecular flexibility index (Phi) is 7.57. The van der Waals surface area contributed by atoms with Crippen LogP contribution in [-0.4, -0.2) is 27.5 Å². The van der Waals surface area contributed by atoms with Gasteiger partial charge in [-0.1, -0.05) is 67.5 Å². The maximum absolute atomic E-state index is 10.3. The molecular weight excluding hydrogens is 420 g/mol. The maximum atomic E-state index is 10.3. The number of benzene rings is 1. The first-order chi connectivity index (χ1) is 16.1. The molecule has 0 bridgehead atoms. The van der Waals surface area contributed by atoms with E-state index in [0.717, 1.165) is 11.1 Å². The third-order valence-electron chi connectivity index (χ3n) is 8.93. The molecule has 186 valence electrons. The van der Waals surface area contributed by atoms with Crippen LogP contribution in [0, 0.1) is 23.2 Å². The molecule has 0 saturated heterocycles. The van der Waals surface area contributed by atoms with Gasteiger partial charge in [-0.25, -0.2) is 0 Å². The molecule has 6 atom stereocenters. The smallest absolute Gasteiger partial charge is 0.0840 e. The lowest BCUT2D eigenvalue weighted by Crippen LogP contribution is -2.35. The van der Waals surface area contributed by atoms with Crippen LogP contribution in [0.5, 0.6) is 0 Å². The van der Waals surface area contributed by atoms with Crippen molar-refractivity contribution in [1.82, 2.24) is 0 Å². The van der Waals surface area contributed by atoms with E-state index in [9.17, 15) is 15.3 Å². The summed E-state index contributed by atoms with van der Waals surface area (Å²) in [5, 5.41) is 30.4. The van der Waals surface area contributed by atoms with Crippen molar-refractivity contribution in [2.75, 3.05) is 0 Å². The highest BCUT2D eigenvalue weighted by atomic mass is 16.3. The van der Waals surface area contributed by atoms with E-state index in [-0.39, 0.29) is 0 Å². The van der Waals surface area contributed by atoms with E-state index in [4.69, 9.17) is 0 Å². The van der Waals surface area contributed by atoms with Crippen molar-refractivity contribution in [2.24, 2.45) is 23.2 Å². The zero-order valence-electron chi connectivity index (χ0n) is 21.5. The zero-order chi connectivity index (χ0) is 24.5. The molecular formula is C31H44O3. The fraction of sp³-hybridized carbons (Fsp3) is 0.613. The van der Waals surface area contributed by atoms with Gasteiger partial charge in [-0.05, 0) is 106 Å². The summed E-state index contributed by atoms with van der Waals surface area (Å²) in [6.07, 6.45) is 16.5. The predicted octanol–water partition coefficient (Wildman–Crippen LogP) is 6.54. The van der Waals surface area contributed by atoms with Gasteiger partial charge in [0.15, 0.2) is 0 Å². The number of allylic oxidation sites excluding steroid dienone is 4. The van der Waals surface area contributed by atoms with Gasteiger partial charge in [0.2, 0.25) is 0 Å². The van der Waals surface area contributed by atoms with Crippen LogP contribution in [0.1, 0.15) is 90.2 Å². The topological polar surface area (TPSA) is 60.7 Å². The number of fused-ring (bicyclic) bond motifs is 1. The van der Waals surface area contributed by atoms with Crippen LogP contribution in [-0.2, 0) is 5.60 Å². The van der Waals surface area contributed by atoms with Crippen molar-refractivity contribution in [2.45, 2.75) is 96.9 Å². The largest absolute Gasteiger partial charge is 0.393 e. The Hall–Kier alpha value is -1.68.